The molecule has 0 bridgehead atoms. The highest BCUT2D eigenvalue weighted by Crippen LogP contribution is 2.22. The van der Waals surface area contributed by atoms with E-state index in [4.69, 9.17) is 4.74 Å². The van der Waals surface area contributed by atoms with Gasteiger partial charge in [0, 0.05) is 55.8 Å². The summed E-state index contributed by atoms with van der Waals surface area (Å²) in [5.41, 5.74) is 0.426. The predicted octanol–water partition coefficient (Wildman–Crippen LogP) is 2.43. The Morgan fingerprint density at radius 1 is 1.13 bits per heavy atom. The Labute approximate surface area is 171 Å². The number of ether oxygens (including phenoxy) is 1. The standard InChI is InChI=1S/C21H22F2N2O5/c22-13-8-14(23)10-17(9-13)30-19-6-7-25(12-18(19)27)21(29)5-4-20(28)24-15-2-1-3-16(26)11-15/h1-3,8-11,18-19,26-27H,4-7,12H2,(H,24,28)/t18-,19-/m1/s1. The van der Waals surface area contributed by atoms with Crippen molar-refractivity contribution in [3.8, 4) is 11.5 Å². The zero-order chi connectivity index (χ0) is 21.7. The second kappa shape index (κ2) is 9.53. The van der Waals surface area contributed by atoms with E-state index in [2.05, 4.69) is 5.32 Å². The zero-order valence-electron chi connectivity index (χ0n) is 16.1. The molecule has 1 heterocycles. The largest absolute Gasteiger partial charge is 0.508 e. The molecule has 3 N–H and O–H groups in total. The van der Waals surface area contributed by atoms with E-state index in [0.29, 0.717) is 5.69 Å². The third kappa shape index (κ3) is 5.90. The maximum Gasteiger partial charge on any atom is 0.224 e. The summed E-state index contributed by atoms with van der Waals surface area (Å²) in [6, 6.07) is 8.85. The van der Waals surface area contributed by atoms with Crippen molar-refractivity contribution in [3.63, 3.8) is 0 Å². The summed E-state index contributed by atoms with van der Waals surface area (Å²) in [4.78, 5) is 25.8. The SMILES string of the molecule is O=C(CCC(=O)N1CC[C@@H](Oc2cc(F)cc(F)c2)[C@H](O)C1)Nc1cccc(O)c1. The molecule has 0 saturated carbocycles. The number of aliphatic hydroxyl groups is 1. The van der Waals surface area contributed by atoms with Gasteiger partial charge in [-0.25, -0.2) is 8.78 Å². The molecule has 2 atom stereocenters. The monoisotopic (exact) mass is 420 g/mol. The summed E-state index contributed by atoms with van der Waals surface area (Å²) < 4.78 is 32.0. The minimum absolute atomic E-state index is 0.00449. The van der Waals surface area contributed by atoms with Gasteiger partial charge in [0.1, 0.15) is 35.3 Å². The molecule has 7 nitrogen and oxygen atoms in total. The van der Waals surface area contributed by atoms with E-state index in [0.717, 1.165) is 18.2 Å². The summed E-state index contributed by atoms with van der Waals surface area (Å²) in [6.07, 6.45) is -1.55. The van der Waals surface area contributed by atoms with E-state index in [1.807, 2.05) is 0 Å². The number of phenolic OH excluding ortho intramolecular Hbond substituents is 1. The van der Waals surface area contributed by atoms with Gasteiger partial charge in [0.15, 0.2) is 0 Å². The molecular formula is C21H22F2N2O5. The number of β-amino-alcohol motifs (C(OH)–C–C–N with tert-alkyl or cyclic N) is 1. The fourth-order valence-corrected chi connectivity index (χ4v) is 3.23. The minimum atomic E-state index is -1.03. The van der Waals surface area contributed by atoms with Crippen molar-refractivity contribution in [1.82, 2.24) is 4.90 Å². The van der Waals surface area contributed by atoms with Crippen LogP contribution in [0.2, 0.25) is 0 Å². The number of likely N-dealkylation sites (tertiary alicyclic amines) is 1. The van der Waals surface area contributed by atoms with Crippen molar-refractivity contribution in [2.24, 2.45) is 0 Å². The first-order chi connectivity index (χ1) is 14.3. The van der Waals surface area contributed by atoms with Gasteiger partial charge in [-0.3, -0.25) is 9.59 Å². The molecule has 0 aliphatic carbocycles. The smallest absolute Gasteiger partial charge is 0.224 e. The Kier molecular flexibility index (Phi) is 6.83. The van der Waals surface area contributed by atoms with E-state index in [9.17, 15) is 28.6 Å². The van der Waals surface area contributed by atoms with Gasteiger partial charge >= 0.3 is 0 Å². The number of benzene rings is 2. The first-order valence-corrected chi connectivity index (χ1v) is 9.47. The van der Waals surface area contributed by atoms with Gasteiger partial charge in [-0.15, -0.1) is 0 Å². The number of phenols is 1. The minimum Gasteiger partial charge on any atom is -0.508 e. The number of piperidine rings is 1. The van der Waals surface area contributed by atoms with Crippen LogP contribution in [0.4, 0.5) is 14.5 Å². The second-order valence-electron chi connectivity index (χ2n) is 7.06. The van der Waals surface area contributed by atoms with Crippen LogP contribution in [-0.4, -0.2) is 52.2 Å². The van der Waals surface area contributed by atoms with E-state index < -0.39 is 23.8 Å². The van der Waals surface area contributed by atoms with Crippen molar-refractivity contribution < 1.29 is 33.3 Å². The Balaban J connectivity index is 1.46. The number of aromatic hydroxyl groups is 1. The third-order valence-corrected chi connectivity index (χ3v) is 4.69. The molecule has 1 aliphatic rings. The number of carbonyl (C=O) groups excluding carboxylic acids is 2. The molecule has 0 aromatic heterocycles. The zero-order valence-corrected chi connectivity index (χ0v) is 16.1. The van der Waals surface area contributed by atoms with Crippen molar-refractivity contribution in [1.29, 1.82) is 0 Å². The molecule has 2 aromatic rings. The molecule has 9 heteroatoms. The fourth-order valence-electron chi connectivity index (χ4n) is 3.23. The van der Waals surface area contributed by atoms with Crippen molar-refractivity contribution in [2.45, 2.75) is 31.5 Å². The van der Waals surface area contributed by atoms with Gasteiger partial charge in [-0.1, -0.05) is 6.07 Å². The summed E-state index contributed by atoms with van der Waals surface area (Å²) in [5, 5.41) is 22.3. The Morgan fingerprint density at radius 2 is 1.87 bits per heavy atom. The molecule has 1 aliphatic heterocycles. The number of hydrogen-bond acceptors (Lipinski definition) is 5. The van der Waals surface area contributed by atoms with Crippen LogP contribution in [0.1, 0.15) is 19.3 Å². The van der Waals surface area contributed by atoms with Gasteiger partial charge in [0.05, 0.1) is 6.54 Å². The van der Waals surface area contributed by atoms with Gasteiger partial charge in [0.25, 0.3) is 0 Å². The van der Waals surface area contributed by atoms with Crippen LogP contribution in [0.15, 0.2) is 42.5 Å². The lowest BCUT2D eigenvalue weighted by Crippen LogP contribution is -2.51. The topological polar surface area (TPSA) is 99.1 Å². The summed E-state index contributed by atoms with van der Waals surface area (Å²) >= 11 is 0. The molecule has 0 radical (unpaired) electrons. The third-order valence-electron chi connectivity index (χ3n) is 4.69. The maximum atomic E-state index is 13.3. The highest BCUT2D eigenvalue weighted by atomic mass is 19.1. The highest BCUT2D eigenvalue weighted by molar-refractivity contribution is 5.93. The molecule has 0 spiro atoms. The van der Waals surface area contributed by atoms with Crippen LogP contribution in [-0.2, 0) is 9.59 Å². The van der Waals surface area contributed by atoms with Gasteiger partial charge in [-0.2, -0.15) is 0 Å². The normalized spacial score (nSPS) is 18.7. The molecular weight excluding hydrogens is 398 g/mol. The number of hydrogen-bond donors (Lipinski definition) is 3. The first-order valence-electron chi connectivity index (χ1n) is 9.47. The fraction of sp³-hybridized carbons (Fsp3) is 0.333. The first kappa shape index (κ1) is 21.5. The van der Waals surface area contributed by atoms with Crippen LogP contribution in [0.3, 0.4) is 0 Å². The van der Waals surface area contributed by atoms with Crippen LogP contribution in [0, 0.1) is 11.6 Å². The van der Waals surface area contributed by atoms with E-state index in [1.165, 1.54) is 17.0 Å². The molecule has 1 saturated heterocycles. The number of nitrogens with one attached hydrogen (secondary N) is 1. The maximum absolute atomic E-state index is 13.3. The average Bonchev–Trinajstić information content (AvgIpc) is 2.67. The van der Waals surface area contributed by atoms with Crippen LogP contribution in [0.25, 0.3) is 0 Å². The molecule has 3 rings (SSSR count). The Bertz CT molecular complexity index is 904. The number of rotatable bonds is 6. The molecule has 0 unspecified atom stereocenters. The van der Waals surface area contributed by atoms with E-state index >= 15 is 0 Å². The van der Waals surface area contributed by atoms with Crippen LogP contribution in [0.5, 0.6) is 11.5 Å². The predicted molar refractivity (Wildman–Crippen MR) is 104 cm³/mol. The Hall–Kier alpha value is -3.20. The number of carbonyl (C=O) groups is 2. The number of anilines is 1. The van der Waals surface area contributed by atoms with Crippen LogP contribution >= 0.6 is 0 Å². The molecule has 2 amide bonds. The molecule has 1 fully saturated rings. The van der Waals surface area contributed by atoms with E-state index in [1.54, 1.807) is 12.1 Å². The quantitative estimate of drug-likeness (QED) is 0.667. The highest BCUT2D eigenvalue weighted by Gasteiger charge is 2.31. The summed E-state index contributed by atoms with van der Waals surface area (Å²) in [5.74, 6) is -2.24. The molecule has 2 aromatic carbocycles. The lowest BCUT2D eigenvalue weighted by molar-refractivity contribution is -0.138. The van der Waals surface area contributed by atoms with Gasteiger partial charge in [0.2, 0.25) is 11.8 Å². The summed E-state index contributed by atoms with van der Waals surface area (Å²) in [7, 11) is 0. The lowest BCUT2D eigenvalue weighted by Gasteiger charge is -2.36. The van der Waals surface area contributed by atoms with Crippen molar-refractivity contribution >= 4 is 17.5 Å². The number of halogens is 2. The van der Waals surface area contributed by atoms with Crippen molar-refractivity contribution in [3.05, 3.63) is 54.1 Å². The van der Waals surface area contributed by atoms with Crippen LogP contribution < -0.4 is 10.1 Å². The van der Waals surface area contributed by atoms with Crippen molar-refractivity contribution in [2.75, 3.05) is 18.4 Å². The van der Waals surface area contributed by atoms with Gasteiger partial charge < -0.3 is 25.2 Å². The molecule has 160 valence electrons. The number of nitrogens with zero attached hydrogens (tertiary/aromatic N) is 1. The van der Waals surface area contributed by atoms with E-state index in [-0.39, 0.29) is 55.7 Å². The Morgan fingerprint density at radius 3 is 2.53 bits per heavy atom. The number of amides is 2. The van der Waals surface area contributed by atoms with Gasteiger partial charge in [-0.05, 0) is 12.1 Å². The summed E-state index contributed by atoms with van der Waals surface area (Å²) in [6.45, 7) is 0.280. The number of aliphatic hydroxyl groups excluding tert-OH is 1. The molecule has 30 heavy (non-hydrogen) atoms. The second-order valence-corrected chi connectivity index (χ2v) is 7.06. The average molecular weight is 420 g/mol. The lowest BCUT2D eigenvalue weighted by atomic mass is 10.0.